The van der Waals surface area contributed by atoms with Gasteiger partial charge in [-0.25, -0.2) is 0 Å². The van der Waals surface area contributed by atoms with Gasteiger partial charge in [0.05, 0.1) is 11.1 Å². The van der Waals surface area contributed by atoms with Crippen LogP contribution in [0.4, 0.5) is 0 Å². The number of hydrogen-bond acceptors (Lipinski definition) is 4. The van der Waals surface area contributed by atoms with Gasteiger partial charge in [0.15, 0.2) is 5.78 Å². The molecule has 3 nitrogen and oxygen atoms in total. The van der Waals surface area contributed by atoms with Crippen LogP contribution in [0.2, 0.25) is 0 Å². The average molecular weight is 178 g/mol. The molecule has 0 spiro atoms. The second-order valence-corrected chi connectivity index (χ2v) is 3.05. The van der Waals surface area contributed by atoms with Crippen LogP contribution in [0.15, 0.2) is 17.3 Å². The van der Waals surface area contributed by atoms with Crippen molar-refractivity contribution in [1.82, 2.24) is 4.98 Å². The van der Waals surface area contributed by atoms with Crippen LogP contribution in [-0.4, -0.2) is 10.8 Å². The van der Waals surface area contributed by atoms with Gasteiger partial charge < -0.3 is 0 Å². The summed E-state index contributed by atoms with van der Waals surface area (Å²) in [4.78, 5) is 15.4. The minimum absolute atomic E-state index is 0.166. The largest absolute Gasteiger partial charge is 0.294 e. The smallest absolute Gasteiger partial charge is 0.170 e. The Kier molecular flexibility index (Phi) is 2.72. The molecule has 1 aromatic heterocycles. The summed E-state index contributed by atoms with van der Waals surface area (Å²) in [5.74, 6) is -0.217. The molecule has 0 amide bonds. The van der Waals surface area contributed by atoms with Gasteiger partial charge in [0.2, 0.25) is 0 Å². The van der Waals surface area contributed by atoms with E-state index in [1.54, 1.807) is 17.8 Å². The molecule has 0 saturated heterocycles. The average Bonchev–Trinajstić information content (AvgIpc) is 2.51. The molecule has 0 radical (unpaired) electrons. The zero-order chi connectivity index (χ0) is 8.97. The quantitative estimate of drug-likeness (QED) is 0.511. The number of ketones is 1. The Balaban J connectivity index is 2.95. The summed E-state index contributed by atoms with van der Waals surface area (Å²) in [7, 11) is 0. The van der Waals surface area contributed by atoms with E-state index in [2.05, 4.69) is 4.98 Å². The third kappa shape index (κ3) is 2.01. The Labute approximate surface area is 74.0 Å². The third-order valence-electron chi connectivity index (χ3n) is 1.24. The fraction of sp³-hybridized carbons (Fsp3) is 0.125. The number of nitriles is 1. The number of rotatable bonds is 2. The maximum Gasteiger partial charge on any atom is 0.170 e. The fourth-order valence-corrected chi connectivity index (χ4v) is 1.20. The zero-order valence-electron chi connectivity index (χ0n) is 6.44. The highest BCUT2D eigenvalue weighted by Gasteiger charge is 2.01. The molecule has 0 N–H and O–H groups in total. The maximum absolute atomic E-state index is 10.8. The van der Waals surface area contributed by atoms with E-state index in [1.807, 2.05) is 6.07 Å². The SMILES string of the molecule is CC(=O)/C(C#N)=C/c1cncs1. The molecule has 0 aromatic carbocycles. The monoisotopic (exact) mass is 178 g/mol. The Morgan fingerprint density at radius 1 is 1.83 bits per heavy atom. The molecular weight excluding hydrogens is 172 g/mol. The van der Waals surface area contributed by atoms with Crippen molar-refractivity contribution >= 4 is 23.2 Å². The van der Waals surface area contributed by atoms with Crippen molar-refractivity contribution in [3.8, 4) is 6.07 Å². The molecule has 0 unspecified atom stereocenters. The Morgan fingerprint density at radius 3 is 3.00 bits per heavy atom. The highest BCUT2D eigenvalue weighted by atomic mass is 32.1. The fourth-order valence-electron chi connectivity index (χ4n) is 0.652. The molecule has 4 heteroatoms. The van der Waals surface area contributed by atoms with Crippen LogP contribution in [0.25, 0.3) is 6.08 Å². The van der Waals surface area contributed by atoms with Gasteiger partial charge in [-0.05, 0) is 13.0 Å². The van der Waals surface area contributed by atoms with Gasteiger partial charge in [0.1, 0.15) is 6.07 Å². The van der Waals surface area contributed by atoms with Crippen LogP contribution < -0.4 is 0 Å². The number of carbonyl (C=O) groups excluding carboxylic acids is 1. The van der Waals surface area contributed by atoms with Crippen LogP contribution in [0.1, 0.15) is 11.8 Å². The van der Waals surface area contributed by atoms with Crippen molar-refractivity contribution in [2.24, 2.45) is 0 Å². The van der Waals surface area contributed by atoms with Crippen LogP contribution in [-0.2, 0) is 4.79 Å². The maximum atomic E-state index is 10.8. The van der Waals surface area contributed by atoms with Gasteiger partial charge in [-0.1, -0.05) is 0 Å². The molecule has 1 rings (SSSR count). The minimum atomic E-state index is -0.217. The molecule has 0 aliphatic heterocycles. The summed E-state index contributed by atoms with van der Waals surface area (Å²) in [6.07, 6.45) is 3.16. The van der Waals surface area contributed by atoms with E-state index in [-0.39, 0.29) is 11.4 Å². The second-order valence-electron chi connectivity index (χ2n) is 2.13. The van der Waals surface area contributed by atoms with Crippen LogP contribution in [0, 0.1) is 11.3 Å². The van der Waals surface area contributed by atoms with Gasteiger partial charge in [-0.15, -0.1) is 11.3 Å². The van der Waals surface area contributed by atoms with Crippen LogP contribution in [0.5, 0.6) is 0 Å². The molecule has 1 aromatic rings. The summed E-state index contributed by atoms with van der Waals surface area (Å²) >= 11 is 1.39. The molecular formula is C8H6N2OS. The Hall–Kier alpha value is -1.47. The van der Waals surface area contributed by atoms with Crippen LogP contribution >= 0.6 is 11.3 Å². The highest BCUT2D eigenvalue weighted by molar-refractivity contribution is 7.10. The molecule has 0 atom stereocenters. The van der Waals surface area contributed by atoms with E-state index in [1.165, 1.54) is 18.3 Å². The predicted octanol–water partition coefficient (Wildman–Crippen LogP) is 1.64. The summed E-state index contributed by atoms with van der Waals surface area (Å²) in [5.41, 5.74) is 1.82. The number of hydrogen-bond donors (Lipinski definition) is 0. The lowest BCUT2D eigenvalue weighted by atomic mass is 10.2. The molecule has 0 aliphatic rings. The Morgan fingerprint density at radius 2 is 2.58 bits per heavy atom. The van der Waals surface area contributed by atoms with Crippen molar-refractivity contribution in [3.05, 3.63) is 22.2 Å². The second kappa shape index (κ2) is 3.79. The van der Waals surface area contributed by atoms with Gasteiger partial charge in [-0.3, -0.25) is 9.78 Å². The zero-order valence-corrected chi connectivity index (χ0v) is 7.26. The van der Waals surface area contributed by atoms with Crippen molar-refractivity contribution in [2.75, 3.05) is 0 Å². The van der Waals surface area contributed by atoms with Crippen molar-refractivity contribution in [1.29, 1.82) is 5.26 Å². The molecule has 12 heavy (non-hydrogen) atoms. The van der Waals surface area contributed by atoms with Gasteiger partial charge in [-0.2, -0.15) is 5.26 Å². The first kappa shape index (κ1) is 8.62. The van der Waals surface area contributed by atoms with E-state index in [9.17, 15) is 4.79 Å². The van der Waals surface area contributed by atoms with Crippen molar-refractivity contribution in [3.63, 3.8) is 0 Å². The first-order valence-electron chi connectivity index (χ1n) is 3.25. The number of carbonyl (C=O) groups is 1. The number of allylic oxidation sites excluding steroid dienone is 1. The van der Waals surface area contributed by atoms with Crippen LogP contribution in [0.3, 0.4) is 0 Å². The summed E-state index contributed by atoms with van der Waals surface area (Å²) in [5, 5.41) is 8.54. The topological polar surface area (TPSA) is 53.8 Å². The first-order chi connectivity index (χ1) is 5.74. The standard InChI is InChI=1S/C8H6N2OS/c1-6(11)7(3-9)2-8-4-10-5-12-8/h2,4-5H,1H3/b7-2+. The number of thiazole rings is 1. The van der Waals surface area contributed by atoms with E-state index in [0.29, 0.717) is 0 Å². The first-order valence-corrected chi connectivity index (χ1v) is 4.13. The lowest BCUT2D eigenvalue weighted by molar-refractivity contribution is -0.113. The van der Waals surface area contributed by atoms with Crippen molar-refractivity contribution < 1.29 is 4.79 Å². The highest BCUT2D eigenvalue weighted by Crippen LogP contribution is 2.11. The molecule has 60 valence electrons. The normalized spacial score (nSPS) is 10.8. The van der Waals surface area contributed by atoms with Gasteiger partial charge in [0, 0.05) is 11.1 Å². The Bertz CT molecular complexity index is 346. The summed E-state index contributed by atoms with van der Waals surface area (Å²) in [6.45, 7) is 1.37. The third-order valence-corrected chi connectivity index (χ3v) is 1.96. The molecule has 0 saturated carbocycles. The van der Waals surface area contributed by atoms with E-state index in [0.717, 1.165) is 4.88 Å². The minimum Gasteiger partial charge on any atom is -0.294 e. The molecule has 0 bridgehead atoms. The van der Waals surface area contributed by atoms with E-state index < -0.39 is 0 Å². The molecule has 0 aliphatic carbocycles. The van der Waals surface area contributed by atoms with E-state index in [4.69, 9.17) is 5.26 Å². The van der Waals surface area contributed by atoms with Gasteiger partial charge in [0.25, 0.3) is 0 Å². The summed E-state index contributed by atoms with van der Waals surface area (Å²) < 4.78 is 0. The lowest BCUT2D eigenvalue weighted by Gasteiger charge is -1.87. The number of Topliss-reactive ketones (excluding diaryl/α,β-unsaturated/α-hetero) is 1. The summed E-state index contributed by atoms with van der Waals surface area (Å²) in [6, 6.07) is 1.83. The van der Waals surface area contributed by atoms with Crippen molar-refractivity contribution in [2.45, 2.75) is 6.92 Å². The molecule has 0 fully saturated rings. The van der Waals surface area contributed by atoms with E-state index >= 15 is 0 Å². The molecule has 1 heterocycles. The number of nitrogens with zero attached hydrogens (tertiary/aromatic N) is 2. The lowest BCUT2D eigenvalue weighted by Crippen LogP contribution is -1.91. The van der Waals surface area contributed by atoms with Gasteiger partial charge >= 0.3 is 0 Å². The predicted molar refractivity (Wildman–Crippen MR) is 46.4 cm³/mol. The number of aromatic nitrogens is 1.